The number of rotatable bonds is 0. The minimum absolute atomic E-state index is 0.607. The van der Waals surface area contributed by atoms with Gasteiger partial charge in [-0.1, -0.05) is 0 Å². The molecule has 8 rings (SSSR count). The summed E-state index contributed by atoms with van der Waals surface area (Å²) in [5.41, 5.74) is 0. The van der Waals surface area contributed by atoms with E-state index in [0.717, 1.165) is 47.3 Å². The molecular formula is C16H20N2O. The Morgan fingerprint density at radius 2 is 1.26 bits per heavy atom. The highest BCUT2D eigenvalue weighted by Crippen LogP contribution is 2.72. The zero-order valence-electron chi connectivity index (χ0n) is 11.1. The number of fused-ring (bicyclic) bond motifs is 7. The maximum Gasteiger partial charge on any atom is 0.0876 e. The lowest BCUT2D eigenvalue weighted by Gasteiger charge is -2.54. The Morgan fingerprint density at radius 3 is 1.84 bits per heavy atom. The highest BCUT2D eigenvalue weighted by molar-refractivity contribution is 5.25. The molecule has 8 aliphatic rings. The van der Waals surface area contributed by atoms with Crippen LogP contribution in [0.25, 0.3) is 0 Å². The van der Waals surface area contributed by atoms with Gasteiger partial charge in [0.1, 0.15) is 0 Å². The summed E-state index contributed by atoms with van der Waals surface area (Å²) in [6.07, 6.45) is 7.27. The van der Waals surface area contributed by atoms with Crippen LogP contribution in [0.2, 0.25) is 0 Å². The second-order valence-electron chi connectivity index (χ2n) is 8.48. The lowest BCUT2D eigenvalue weighted by Crippen LogP contribution is -2.58. The standard InChI is InChI=1S/C16H20N2O/c1-2-6-3-5(1)9-10(6)14-12-8-4-7(15-16(8)19-15)11(12)13(9)17-18-14/h5-16H,1-4H2/t5-,6+,7-,8+,9-,10+,11+,12-,13-,14+,15-,16+. The molecule has 0 aromatic carbocycles. The summed E-state index contributed by atoms with van der Waals surface area (Å²) in [4.78, 5) is 0. The number of azo groups is 1. The quantitative estimate of drug-likeness (QED) is 0.614. The average molecular weight is 256 g/mol. The molecule has 3 aliphatic heterocycles. The molecule has 0 aromatic rings. The predicted octanol–water partition coefficient (Wildman–Crippen LogP) is 2.51. The molecule has 1 saturated heterocycles. The molecule has 0 spiro atoms. The number of epoxide rings is 1. The molecule has 3 heterocycles. The largest absolute Gasteiger partial charge is 0.369 e. The summed E-state index contributed by atoms with van der Waals surface area (Å²) in [7, 11) is 0. The fourth-order valence-corrected chi connectivity index (χ4v) is 8.06. The Balaban J connectivity index is 1.41. The van der Waals surface area contributed by atoms with E-state index in [-0.39, 0.29) is 0 Å². The Morgan fingerprint density at radius 1 is 0.684 bits per heavy atom. The second kappa shape index (κ2) is 2.66. The maximum absolute atomic E-state index is 5.96. The summed E-state index contributed by atoms with van der Waals surface area (Å²) < 4.78 is 5.96. The van der Waals surface area contributed by atoms with Gasteiger partial charge in [0, 0.05) is 0 Å². The first-order valence-corrected chi connectivity index (χ1v) is 8.47. The minimum Gasteiger partial charge on any atom is -0.369 e. The molecular weight excluding hydrogens is 236 g/mol. The lowest BCUT2D eigenvalue weighted by atomic mass is 9.54. The summed E-state index contributed by atoms with van der Waals surface area (Å²) in [6.45, 7) is 0. The van der Waals surface area contributed by atoms with Crippen molar-refractivity contribution in [3.8, 4) is 0 Å². The van der Waals surface area contributed by atoms with E-state index in [1.807, 2.05) is 0 Å². The number of hydrogen-bond acceptors (Lipinski definition) is 3. The SMILES string of the molecule is C1C[C@@H]2C[C@H]1[C@@H]1[C@@H]3N=N[C@@H]([C@H]4[C@H]5C[C@H]([C@@H]6O[C@H]56)[C@@H]34)[C@H]21. The van der Waals surface area contributed by atoms with E-state index in [9.17, 15) is 0 Å². The Hall–Kier alpha value is -0.440. The fraction of sp³-hybridized carbons (Fsp3) is 1.00. The fourth-order valence-electron chi connectivity index (χ4n) is 8.06. The summed E-state index contributed by atoms with van der Waals surface area (Å²) >= 11 is 0. The smallest absolute Gasteiger partial charge is 0.0876 e. The van der Waals surface area contributed by atoms with Gasteiger partial charge in [0.2, 0.25) is 0 Å². The highest BCUT2D eigenvalue weighted by atomic mass is 16.6. The van der Waals surface area contributed by atoms with Crippen molar-refractivity contribution in [2.45, 2.75) is 50.0 Å². The Labute approximate surface area is 113 Å². The molecule has 6 bridgehead atoms. The van der Waals surface area contributed by atoms with Crippen molar-refractivity contribution in [2.75, 3.05) is 0 Å². The molecule has 12 atom stereocenters. The maximum atomic E-state index is 5.96. The van der Waals surface area contributed by atoms with Crippen molar-refractivity contribution in [3.05, 3.63) is 0 Å². The third kappa shape index (κ3) is 0.830. The van der Waals surface area contributed by atoms with Crippen LogP contribution in [0.5, 0.6) is 0 Å². The molecule has 100 valence electrons. The van der Waals surface area contributed by atoms with Crippen molar-refractivity contribution in [1.29, 1.82) is 0 Å². The van der Waals surface area contributed by atoms with Crippen LogP contribution >= 0.6 is 0 Å². The first-order chi connectivity index (χ1) is 9.42. The van der Waals surface area contributed by atoms with E-state index in [1.54, 1.807) is 0 Å². The van der Waals surface area contributed by atoms with Crippen LogP contribution in [0.3, 0.4) is 0 Å². The van der Waals surface area contributed by atoms with Gasteiger partial charge >= 0.3 is 0 Å². The molecule has 5 aliphatic carbocycles. The molecule has 3 heteroatoms. The highest BCUT2D eigenvalue weighted by Gasteiger charge is 2.75. The Bertz CT molecular complexity index is 477. The summed E-state index contributed by atoms with van der Waals surface area (Å²) in [5.74, 6) is 7.36. The van der Waals surface area contributed by atoms with Gasteiger partial charge in [-0.3, -0.25) is 0 Å². The number of ether oxygens (including phenoxy) is 1. The first-order valence-electron chi connectivity index (χ1n) is 8.47. The van der Waals surface area contributed by atoms with Crippen LogP contribution in [0.1, 0.15) is 25.7 Å². The summed E-state index contributed by atoms with van der Waals surface area (Å²) in [6, 6.07) is 1.21. The van der Waals surface area contributed by atoms with Gasteiger partial charge in [0.15, 0.2) is 0 Å². The Kier molecular flexibility index (Phi) is 1.33. The van der Waals surface area contributed by atoms with Crippen LogP contribution in [-0.2, 0) is 4.74 Å². The van der Waals surface area contributed by atoms with Crippen molar-refractivity contribution < 1.29 is 4.74 Å². The van der Waals surface area contributed by atoms with Crippen LogP contribution < -0.4 is 0 Å². The van der Waals surface area contributed by atoms with Crippen molar-refractivity contribution >= 4 is 0 Å². The van der Waals surface area contributed by atoms with Gasteiger partial charge in [0.05, 0.1) is 24.3 Å². The van der Waals surface area contributed by atoms with E-state index in [4.69, 9.17) is 15.0 Å². The molecule has 0 radical (unpaired) electrons. The molecule has 0 amide bonds. The zero-order chi connectivity index (χ0) is 11.9. The van der Waals surface area contributed by atoms with Gasteiger partial charge in [0.25, 0.3) is 0 Å². The van der Waals surface area contributed by atoms with Crippen LogP contribution in [-0.4, -0.2) is 24.3 Å². The first kappa shape index (κ1) is 9.49. The molecule has 0 unspecified atom stereocenters. The normalized spacial score (nSPS) is 76.2. The van der Waals surface area contributed by atoms with E-state index < -0.39 is 0 Å². The second-order valence-corrected chi connectivity index (χ2v) is 8.48. The zero-order valence-corrected chi connectivity index (χ0v) is 11.1. The van der Waals surface area contributed by atoms with Gasteiger partial charge in [-0.25, -0.2) is 0 Å². The topological polar surface area (TPSA) is 37.2 Å². The van der Waals surface area contributed by atoms with Gasteiger partial charge in [-0.2, -0.15) is 10.2 Å². The van der Waals surface area contributed by atoms with E-state index in [0.29, 0.717) is 24.3 Å². The average Bonchev–Trinajstić information content (AvgIpc) is 2.89. The van der Waals surface area contributed by atoms with Crippen molar-refractivity contribution in [1.82, 2.24) is 0 Å². The molecule has 0 N–H and O–H groups in total. The van der Waals surface area contributed by atoms with E-state index >= 15 is 0 Å². The third-order valence-electron chi connectivity index (χ3n) is 8.34. The van der Waals surface area contributed by atoms with Crippen LogP contribution in [0, 0.1) is 47.3 Å². The third-order valence-corrected chi connectivity index (χ3v) is 8.34. The summed E-state index contributed by atoms with van der Waals surface area (Å²) in [5, 5.41) is 9.69. The van der Waals surface area contributed by atoms with Gasteiger partial charge in [-0.05, 0) is 73.0 Å². The number of hydrogen-bond donors (Lipinski definition) is 0. The minimum atomic E-state index is 0.607. The van der Waals surface area contributed by atoms with Crippen LogP contribution in [0.15, 0.2) is 10.2 Å². The molecule has 6 fully saturated rings. The van der Waals surface area contributed by atoms with Crippen molar-refractivity contribution in [2.24, 2.45) is 57.6 Å². The number of nitrogens with zero attached hydrogens (tertiary/aromatic N) is 2. The van der Waals surface area contributed by atoms with E-state index in [2.05, 4.69) is 0 Å². The molecule has 3 nitrogen and oxygen atoms in total. The molecule has 0 aromatic heterocycles. The van der Waals surface area contributed by atoms with Crippen LogP contribution in [0.4, 0.5) is 0 Å². The monoisotopic (exact) mass is 256 g/mol. The van der Waals surface area contributed by atoms with Gasteiger partial charge in [-0.15, -0.1) is 0 Å². The lowest BCUT2D eigenvalue weighted by molar-refractivity contribution is -0.0236. The van der Waals surface area contributed by atoms with Crippen molar-refractivity contribution in [3.63, 3.8) is 0 Å². The molecule has 19 heavy (non-hydrogen) atoms. The van der Waals surface area contributed by atoms with Gasteiger partial charge < -0.3 is 4.74 Å². The molecule has 5 saturated carbocycles. The predicted molar refractivity (Wildman–Crippen MR) is 67.5 cm³/mol. The van der Waals surface area contributed by atoms with E-state index in [1.165, 1.54) is 25.7 Å².